The third-order valence-corrected chi connectivity index (χ3v) is 5.74. The van der Waals surface area contributed by atoms with Gasteiger partial charge in [-0.15, -0.1) is 11.3 Å². The first-order valence-corrected chi connectivity index (χ1v) is 10.2. The quantitative estimate of drug-likeness (QED) is 0.509. The number of hydrogen-bond donors (Lipinski definition) is 0. The summed E-state index contributed by atoms with van der Waals surface area (Å²) in [5.41, 5.74) is 0.853. The van der Waals surface area contributed by atoms with Crippen LogP contribution >= 0.6 is 23.1 Å². The summed E-state index contributed by atoms with van der Waals surface area (Å²) in [7, 11) is 0. The maximum atomic E-state index is 12.6. The standard InChI is InChI=1S/C19H20N2O4S2/c1-4-8-25-19(23)16-12(3)21-18(27-11-15(22)24-5-2)13(10-20)17(16)14-7-6-9-26-14/h4,6-7,9,13,17H,1,5,8,11H2,2-3H3/t13?,17-/m1/s1. The molecular formula is C19H20N2O4S2. The zero-order valence-electron chi connectivity index (χ0n) is 15.1. The summed E-state index contributed by atoms with van der Waals surface area (Å²) in [6.45, 7) is 7.37. The Morgan fingerprint density at radius 1 is 1.48 bits per heavy atom. The fourth-order valence-corrected chi connectivity index (χ4v) is 4.47. The molecule has 1 unspecified atom stereocenters. The van der Waals surface area contributed by atoms with Gasteiger partial charge >= 0.3 is 11.9 Å². The Labute approximate surface area is 166 Å². The van der Waals surface area contributed by atoms with Crippen LogP contribution in [0.15, 0.2) is 46.4 Å². The van der Waals surface area contributed by atoms with Gasteiger partial charge < -0.3 is 9.47 Å². The first kappa shape index (κ1) is 20.9. The molecule has 1 aliphatic heterocycles. The van der Waals surface area contributed by atoms with Crippen molar-refractivity contribution in [1.29, 1.82) is 5.26 Å². The molecule has 2 atom stereocenters. The summed E-state index contributed by atoms with van der Waals surface area (Å²) in [5, 5.41) is 12.2. The Bertz CT molecular complexity index is 806. The van der Waals surface area contributed by atoms with Gasteiger partial charge in [-0.05, 0) is 25.3 Å². The largest absolute Gasteiger partial charge is 0.465 e. The van der Waals surface area contributed by atoms with Crippen molar-refractivity contribution >= 4 is 40.1 Å². The van der Waals surface area contributed by atoms with E-state index < -0.39 is 17.8 Å². The average Bonchev–Trinajstić information content (AvgIpc) is 3.18. The number of carbonyl (C=O) groups excluding carboxylic acids is 2. The SMILES string of the molecule is C=CCOC(=O)C1=C(C)N=C(SCC(=O)OCC)C(C#N)[C@@H]1c1cccs1. The minimum Gasteiger partial charge on any atom is -0.465 e. The molecule has 6 nitrogen and oxygen atoms in total. The molecule has 1 aromatic rings. The Kier molecular flexibility index (Phi) is 7.82. The number of nitriles is 1. The molecule has 2 rings (SSSR count). The minimum absolute atomic E-state index is 0.0610. The molecule has 0 amide bonds. The lowest BCUT2D eigenvalue weighted by molar-refractivity contribution is -0.140. The number of rotatable bonds is 7. The second kappa shape index (κ2) is 10.1. The number of hydrogen-bond acceptors (Lipinski definition) is 8. The molecule has 2 heterocycles. The molecule has 27 heavy (non-hydrogen) atoms. The smallest absolute Gasteiger partial charge is 0.336 e. The van der Waals surface area contributed by atoms with Crippen molar-refractivity contribution in [3.05, 3.63) is 46.3 Å². The molecule has 142 valence electrons. The van der Waals surface area contributed by atoms with Crippen LogP contribution in [0.4, 0.5) is 0 Å². The van der Waals surface area contributed by atoms with Gasteiger partial charge in [0.1, 0.15) is 12.5 Å². The normalized spacial score (nSPS) is 19.1. The van der Waals surface area contributed by atoms with E-state index in [1.807, 2.05) is 17.5 Å². The van der Waals surface area contributed by atoms with Crippen LogP contribution in [0, 0.1) is 17.2 Å². The number of allylic oxidation sites excluding steroid dienone is 1. The summed E-state index contributed by atoms with van der Waals surface area (Å²) < 4.78 is 10.2. The van der Waals surface area contributed by atoms with Crippen molar-refractivity contribution in [3.63, 3.8) is 0 Å². The van der Waals surface area contributed by atoms with Crippen LogP contribution in [0.1, 0.15) is 24.6 Å². The predicted molar refractivity (Wildman–Crippen MR) is 107 cm³/mol. The van der Waals surface area contributed by atoms with Crippen LogP contribution in [0.2, 0.25) is 0 Å². The maximum absolute atomic E-state index is 12.6. The molecule has 0 saturated carbocycles. The number of aliphatic imine (C=N–C) groups is 1. The monoisotopic (exact) mass is 404 g/mol. The fourth-order valence-electron chi connectivity index (χ4n) is 2.68. The first-order valence-electron chi connectivity index (χ1n) is 8.32. The van der Waals surface area contributed by atoms with Crippen LogP contribution in [-0.4, -0.2) is 35.9 Å². The third-order valence-electron chi connectivity index (χ3n) is 3.76. The van der Waals surface area contributed by atoms with Gasteiger partial charge in [0.05, 0.1) is 29.0 Å². The highest BCUT2D eigenvalue weighted by molar-refractivity contribution is 8.14. The molecular weight excluding hydrogens is 384 g/mol. The molecule has 0 bridgehead atoms. The Balaban J connectivity index is 2.40. The van der Waals surface area contributed by atoms with E-state index in [1.165, 1.54) is 29.2 Å². The molecule has 0 saturated heterocycles. The number of nitrogens with zero attached hydrogens (tertiary/aromatic N) is 2. The van der Waals surface area contributed by atoms with Gasteiger partial charge in [-0.25, -0.2) is 9.79 Å². The molecule has 0 radical (unpaired) electrons. The zero-order valence-corrected chi connectivity index (χ0v) is 16.8. The van der Waals surface area contributed by atoms with Crippen molar-refractivity contribution in [2.45, 2.75) is 19.8 Å². The van der Waals surface area contributed by atoms with E-state index >= 15 is 0 Å². The zero-order chi connectivity index (χ0) is 19.8. The lowest BCUT2D eigenvalue weighted by Crippen LogP contribution is -2.29. The minimum atomic E-state index is -0.682. The van der Waals surface area contributed by atoms with Crippen molar-refractivity contribution in [2.24, 2.45) is 10.9 Å². The Hall–Kier alpha value is -2.37. The van der Waals surface area contributed by atoms with Gasteiger partial charge in [0.15, 0.2) is 0 Å². The topological polar surface area (TPSA) is 88.8 Å². The number of carbonyl (C=O) groups is 2. The molecule has 0 aliphatic carbocycles. The van der Waals surface area contributed by atoms with Crippen molar-refractivity contribution < 1.29 is 19.1 Å². The number of esters is 2. The van der Waals surface area contributed by atoms with Crippen LogP contribution in [-0.2, 0) is 19.1 Å². The molecule has 0 N–H and O–H groups in total. The fraction of sp³-hybridized carbons (Fsp3) is 0.368. The molecule has 0 aromatic carbocycles. The molecule has 0 spiro atoms. The average molecular weight is 405 g/mol. The number of thiophene rings is 1. The summed E-state index contributed by atoms with van der Waals surface area (Å²) in [6.07, 6.45) is 1.49. The summed E-state index contributed by atoms with van der Waals surface area (Å²) in [5.74, 6) is -1.99. The van der Waals surface area contributed by atoms with Gasteiger partial charge in [0.2, 0.25) is 0 Å². The Morgan fingerprint density at radius 3 is 2.85 bits per heavy atom. The molecule has 1 aliphatic rings. The highest BCUT2D eigenvalue weighted by atomic mass is 32.2. The molecule has 8 heteroatoms. The van der Waals surface area contributed by atoms with E-state index in [9.17, 15) is 14.9 Å². The van der Waals surface area contributed by atoms with Gasteiger partial charge in [-0.2, -0.15) is 5.26 Å². The van der Waals surface area contributed by atoms with E-state index in [1.54, 1.807) is 13.8 Å². The molecule has 0 fully saturated rings. The van der Waals surface area contributed by atoms with Crippen molar-refractivity contribution in [3.8, 4) is 6.07 Å². The van der Waals surface area contributed by atoms with Crippen molar-refractivity contribution in [2.75, 3.05) is 19.0 Å². The number of ether oxygens (including phenoxy) is 2. The first-order chi connectivity index (χ1) is 13.0. The van der Waals surface area contributed by atoms with E-state index in [0.29, 0.717) is 22.9 Å². The van der Waals surface area contributed by atoms with Gasteiger partial charge in [-0.3, -0.25) is 4.79 Å². The highest BCUT2D eigenvalue weighted by Crippen LogP contribution is 2.43. The second-order valence-corrected chi connectivity index (χ2v) is 7.50. The van der Waals surface area contributed by atoms with E-state index in [4.69, 9.17) is 9.47 Å². The highest BCUT2D eigenvalue weighted by Gasteiger charge is 2.40. The van der Waals surface area contributed by atoms with Gasteiger partial charge in [-0.1, -0.05) is 30.5 Å². The summed E-state index contributed by atoms with van der Waals surface area (Å²) in [4.78, 5) is 29.6. The van der Waals surface area contributed by atoms with Crippen LogP contribution < -0.4 is 0 Å². The van der Waals surface area contributed by atoms with Crippen LogP contribution in [0.25, 0.3) is 0 Å². The molecule has 1 aromatic heterocycles. The van der Waals surface area contributed by atoms with E-state index in [2.05, 4.69) is 17.6 Å². The van der Waals surface area contributed by atoms with Crippen molar-refractivity contribution in [1.82, 2.24) is 0 Å². The maximum Gasteiger partial charge on any atom is 0.336 e. The van der Waals surface area contributed by atoms with Gasteiger partial charge in [0.25, 0.3) is 0 Å². The summed E-state index contributed by atoms with van der Waals surface area (Å²) in [6, 6.07) is 6.00. The van der Waals surface area contributed by atoms with E-state index in [0.717, 1.165) is 4.88 Å². The Morgan fingerprint density at radius 2 is 2.26 bits per heavy atom. The van der Waals surface area contributed by atoms with E-state index in [-0.39, 0.29) is 18.3 Å². The van der Waals surface area contributed by atoms with Crippen LogP contribution in [0.5, 0.6) is 0 Å². The van der Waals surface area contributed by atoms with Crippen LogP contribution in [0.3, 0.4) is 0 Å². The third kappa shape index (κ3) is 5.08. The van der Waals surface area contributed by atoms with Gasteiger partial charge in [0, 0.05) is 16.5 Å². The number of thioether (sulfide) groups is 1. The lowest BCUT2D eigenvalue weighted by Gasteiger charge is -2.28. The second-order valence-electron chi connectivity index (χ2n) is 5.53. The predicted octanol–water partition coefficient (Wildman–Crippen LogP) is 3.68. The lowest BCUT2D eigenvalue weighted by atomic mass is 9.83. The summed E-state index contributed by atoms with van der Waals surface area (Å²) >= 11 is 2.63.